The molecule has 1 saturated heterocycles. The van der Waals surface area contributed by atoms with Crippen LogP contribution >= 0.6 is 35.3 Å². The predicted octanol–water partition coefficient (Wildman–Crippen LogP) is 2.97. The number of piperidine rings is 1. The van der Waals surface area contributed by atoms with Crippen molar-refractivity contribution in [3.8, 4) is 0 Å². The van der Waals surface area contributed by atoms with E-state index in [4.69, 9.17) is 4.74 Å². The summed E-state index contributed by atoms with van der Waals surface area (Å²) in [6.45, 7) is 13.3. The van der Waals surface area contributed by atoms with Crippen LogP contribution in [-0.2, 0) is 11.2 Å². The van der Waals surface area contributed by atoms with Gasteiger partial charge in [-0.05, 0) is 40.5 Å². The van der Waals surface area contributed by atoms with Crippen LogP contribution in [0.1, 0.15) is 42.3 Å². The van der Waals surface area contributed by atoms with Gasteiger partial charge in [-0.1, -0.05) is 0 Å². The number of guanidine groups is 1. The monoisotopic (exact) mass is 509 g/mol. The summed E-state index contributed by atoms with van der Waals surface area (Å²) in [5.74, 6) is 0.908. The van der Waals surface area contributed by atoms with Crippen molar-refractivity contribution in [2.24, 2.45) is 4.99 Å². The Morgan fingerprint density at radius 3 is 2.59 bits per heavy atom. The van der Waals surface area contributed by atoms with E-state index in [1.807, 2.05) is 7.05 Å². The molecule has 1 aliphatic rings. The van der Waals surface area contributed by atoms with Gasteiger partial charge in [-0.3, -0.25) is 4.99 Å². The Balaban J connectivity index is 0.00000364. The van der Waals surface area contributed by atoms with Gasteiger partial charge in [0.15, 0.2) is 5.96 Å². The highest BCUT2D eigenvalue weighted by Crippen LogP contribution is 2.17. The van der Waals surface area contributed by atoms with Crippen LogP contribution in [-0.4, -0.2) is 67.8 Å². The van der Waals surface area contributed by atoms with E-state index in [2.05, 4.69) is 53.2 Å². The zero-order chi connectivity index (χ0) is 18.9. The number of ether oxygens (including phenoxy) is 1. The van der Waals surface area contributed by atoms with E-state index in [1.165, 1.54) is 4.88 Å². The number of hydrogen-bond donors (Lipinski definition) is 2. The molecule has 2 N–H and O–H groups in total. The summed E-state index contributed by atoms with van der Waals surface area (Å²) in [4.78, 5) is 12.7. The van der Waals surface area contributed by atoms with E-state index < -0.39 is 0 Å². The van der Waals surface area contributed by atoms with E-state index in [-0.39, 0.29) is 24.0 Å². The van der Waals surface area contributed by atoms with Crippen LogP contribution in [0.3, 0.4) is 0 Å². The van der Waals surface area contributed by atoms with Gasteiger partial charge in [0.25, 0.3) is 0 Å². The first-order valence-electron chi connectivity index (χ1n) is 9.72. The van der Waals surface area contributed by atoms with Crippen molar-refractivity contribution >= 4 is 41.3 Å². The molecule has 2 heterocycles. The minimum Gasteiger partial charge on any atom is -0.377 e. The summed E-state index contributed by atoms with van der Waals surface area (Å²) in [6, 6.07) is 0.496. The van der Waals surface area contributed by atoms with Gasteiger partial charge < -0.3 is 20.3 Å². The smallest absolute Gasteiger partial charge is 0.191 e. The lowest BCUT2D eigenvalue weighted by Crippen LogP contribution is -2.49. The second-order valence-corrected chi connectivity index (χ2v) is 8.46. The van der Waals surface area contributed by atoms with Crippen molar-refractivity contribution in [3.63, 3.8) is 0 Å². The molecule has 1 fully saturated rings. The Hall–Kier alpha value is -0.450. The van der Waals surface area contributed by atoms with Gasteiger partial charge in [-0.25, -0.2) is 4.98 Å². The van der Waals surface area contributed by atoms with E-state index >= 15 is 0 Å². The number of nitrogens with one attached hydrogen (secondary N) is 2. The minimum absolute atomic E-state index is 0. The Morgan fingerprint density at radius 1 is 1.33 bits per heavy atom. The van der Waals surface area contributed by atoms with Crippen LogP contribution in [0.25, 0.3) is 0 Å². The first-order valence-corrected chi connectivity index (χ1v) is 10.5. The largest absolute Gasteiger partial charge is 0.377 e. The summed E-state index contributed by atoms with van der Waals surface area (Å²) >= 11 is 1.79. The first-order chi connectivity index (χ1) is 12.5. The normalized spacial score (nSPS) is 16.4. The van der Waals surface area contributed by atoms with Gasteiger partial charge in [-0.2, -0.15) is 0 Å². The number of aromatic nitrogens is 1. The van der Waals surface area contributed by atoms with Crippen molar-refractivity contribution in [2.75, 3.05) is 39.8 Å². The zero-order valence-corrected chi connectivity index (χ0v) is 20.5. The number of aryl methyl sites for hydroxylation is 2. The molecule has 6 nitrogen and oxygen atoms in total. The number of likely N-dealkylation sites (tertiary alicyclic amines) is 1. The zero-order valence-electron chi connectivity index (χ0n) is 17.4. The molecule has 27 heavy (non-hydrogen) atoms. The molecular formula is C19H36IN5OS. The average Bonchev–Trinajstić information content (AvgIpc) is 2.92. The molecule has 1 aromatic heterocycles. The number of aliphatic imine (C=N–C) groups is 1. The topological polar surface area (TPSA) is 61.8 Å². The van der Waals surface area contributed by atoms with Gasteiger partial charge in [0.2, 0.25) is 0 Å². The molecule has 0 aromatic carbocycles. The first kappa shape index (κ1) is 24.6. The molecule has 0 amide bonds. The SMILES string of the molecule is CN=C(NCCc1sc(C)nc1C)NC1CCN(CCOC(C)C)CC1.I. The van der Waals surface area contributed by atoms with Gasteiger partial charge in [0, 0.05) is 50.6 Å². The Labute approximate surface area is 185 Å². The Bertz CT molecular complexity index is 570. The number of nitrogens with zero attached hydrogens (tertiary/aromatic N) is 3. The second kappa shape index (κ2) is 12.9. The van der Waals surface area contributed by atoms with Crippen molar-refractivity contribution in [1.29, 1.82) is 0 Å². The molecule has 0 unspecified atom stereocenters. The van der Waals surface area contributed by atoms with E-state index in [1.54, 1.807) is 11.3 Å². The third-order valence-corrected chi connectivity index (χ3v) is 5.79. The maximum atomic E-state index is 5.65. The second-order valence-electron chi connectivity index (χ2n) is 7.17. The maximum Gasteiger partial charge on any atom is 0.191 e. The predicted molar refractivity (Wildman–Crippen MR) is 126 cm³/mol. The minimum atomic E-state index is 0. The van der Waals surface area contributed by atoms with Gasteiger partial charge in [0.1, 0.15) is 0 Å². The third-order valence-electron chi connectivity index (χ3n) is 4.65. The molecule has 0 radical (unpaired) electrons. The summed E-state index contributed by atoms with van der Waals surface area (Å²) in [5, 5.41) is 8.16. The van der Waals surface area contributed by atoms with Gasteiger partial charge >= 0.3 is 0 Å². The Morgan fingerprint density at radius 2 is 2.04 bits per heavy atom. The van der Waals surface area contributed by atoms with Crippen LogP contribution in [0.4, 0.5) is 0 Å². The van der Waals surface area contributed by atoms with Crippen LogP contribution < -0.4 is 10.6 Å². The quantitative estimate of drug-likeness (QED) is 0.321. The molecule has 0 bridgehead atoms. The number of thiazole rings is 1. The summed E-state index contributed by atoms with van der Waals surface area (Å²) in [7, 11) is 1.84. The lowest BCUT2D eigenvalue weighted by atomic mass is 10.1. The van der Waals surface area contributed by atoms with Crippen molar-refractivity contribution in [2.45, 2.75) is 59.1 Å². The molecule has 0 spiro atoms. The van der Waals surface area contributed by atoms with Crippen LogP contribution in [0.5, 0.6) is 0 Å². The molecule has 2 rings (SSSR count). The highest BCUT2D eigenvalue weighted by Gasteiger charge is 2.19. The fourth-order valence-electron chi connectivity index (χ4n) is 3.21. The molecule has 156 valence electrons. The summed E-state index contributed by atoms with van der Waals surface area (Å²) in [6.07, 6.45) is 3.61. The molecule has 1 aliphatic heterocycles. The number of hydrogen-bond acceptors (Lipinski definition) is 5. The molecule has 0 atom stereocenters. The maximum absolute atomic E-state index is 5.65. The van der Waals surface area contributed by atoms with E-state index in [0.717, 1.165) is 68.7 Å². The van der Waals surface area contributed by atoms with Crippen molar-refractivity contribution in [1.82, 2.24) is 20.5 Å². The van der Waals surface area contributed by atoms with Gasteiger partial charge in [-0.15, -0.1) is 35.3 Å². The standard InChI is InChI=1S/C19H35N5OS.HI/c1-14(2)25-13-12-24-10-7-17(8-11-24)23-19(20-5)21-9-6-18-15(3)22-16(4)26-18;/h14,17H,6-13H2,1-5H3,(H2,20,21,23);1H. The lowest BCUT2D eigenvalue weighted by molar-refractivity contribution is 0.0532. The third kappa shape index (κ3) is 9.06. The molecule has 0 aliphatic carbocycles. The highest BCUT2D eigenvalue weighted by molar-refractivity contribution is 14.0. The number of halogens is 1. The highest BCUT2D eigenvalue weighted by atomic mass is 127. The molecule has 0 saturated carbocycles. The molecule has 8 heteroatoms. The fraction of sp³-hybridized carbons (Fsp3) is 0.789. The van der Waals surface area contributed by atoms with E-state index in [9.17, 15) is 0 Å². The number of rotatable bonds is 8. The van der Waals surface area contributed by atoms with Crippen LogP contribution in [0.15, 0.2) is 4.99 Å². The van der Waals surface area contributed by atoms with Crippen LogP contribution in [0, 0.1) is 13.8 Å². The Kier molecular flexibility index (Phi) is 11.7. The van der Waals surface area contributed by atoms with Crippen LogP contribution in [0.2, 0.25) is 0 Å². The summed E-state index contributed by atoms with van der Waals surface area (Å²) in [5.41, 5.74) is 1.16. The van der Waals surface area contributed by atoms with Gasteiger partial charge in [0.05, 0.1) is 23.4 Å². The lowest BCUT2D eigenvalue weighted by Gasteiger charge is -2.33. The van der Waals surface area contributed by atoms with E-state index in [0.29, 0.717) is 12.1 Å². The van der Waals surface area contributed by atoms with Crippen molar-refractivity contribution < 1.29 is 4.74 Å². The average molecular weight is 510 g/mol. The summed E-state index contributed by atoms with van der Waals surface area (Å²) < 4.78 is 5.65. The van der Waals surface area contributed by atoms with Crippen molar-refractivity contribution in [3.05, 3.63) is 15.6 Å². The molecule has 1 aromatic rings. The fourth-order valence-corrected chi connectivity index (χ4v) is 4.14. The molecular weight excluding hydrogens is 473 g/mol.